The molecule has 0 aromatic carbocycles. The summed E-state index contributed by atoms with van der Waals surface area (Å²) in [6.07, 6.45) is 2.04. The van der Waals surface area contributed by atoms with Crippen LogP contribution in [-0.2, 0) is 14.3 Å². The van der Waals surface area contributed by atoms with E-state index in [1.165, 1.54) is 5.57 Å². The number of rotatable bonds is 5. The molecule has 3 heteroatoms. The molecular formula is C14H22O3. The first kappa shape index (κ1) is 13.9. The van der Waals surface area contributed by atoms with Crippen molar-refractivity contribution in [3.05, 3.63) is 11.6 Å². The van der Waals surface area contributed by atoms with Gasteiger partial charge in [-0.2, -0.15) is 0 Å². The van der Waals surface area contributed by atoms with Crippen LogP contribution in [-0.4, -0.2) is 18.4 Å². The Kier molecular flexibility index (Phi) is 4.12. The molecule has 96 valence electrons. The van der Waals surface area contributed by atoms with E-state index in [4.69, 9.17) is 4.74 Å². The van der Waals surface area contributed by atoms with Crippen molar-refractivity contribution >= 4 is 11.8 Å². The Morgan fingerprint density at radius 3 is 2.35 bits per heavy atom. The average Bonchev–Trinajstić information content (AvgIpc) is 2.66. The second-order valence-corrected chi connectivity index (χ2v) is 5.52. The smallest absolute Gasteiger partial charge is 0.313 e. The van der Waals surface area contributed by atoms with Gasteiger partial charge in [0, 0.05) is 5.92 Å². The highest BCUT2D eigenvalue weighted by Crippen LogP contribution is 2.60. The molecule has 0 heterocycles. The molecule has 1 aliphatic rings. The van der Waals surface area contributed by atoms with Crippen LogP contribution in [0.4, 0.5) is 0 Å². The van der Waals surface area contributed by atoms with Crippen molar-refractivity contribution < 1.29 is 14.3 Å². The highest BCUT2D eigenvalue weighted by molar-refractivity contribution is 5.99. The second-order valence-electron chi connectivity index (χ2n) is 5.52. The predicted molar refractivity (Wildman–Crippen MR) is 66.4 cm³/mol. The normalized spacial score (nSPS) is 25.0. The number of carbonyl (C=O) groups is 2. The Bertz CT molecular complexity index is 348. The first-order valence-electron chi connectivity index (χ1n) is 6.14. The third-order valence-electron chi connectivity index (χ3n) is 3.39. The van der Waals surface area contributed by atoms with Gasteiger partial charge < -0.3 is 4.74 Å². The van der Waals surface area contributed by atoms with E-state index in [2.05, 4.69) is 19.9 Å². The molecule has 1 aliphatic carbocycles. The fourth-order valence-electron chi connectivity index (χ4n) is 2.43. The molecule has 3 nitrogen and oxygen atoms in total. The van der Waals surface area contributed by atoms with Gasteiger partial charge in [0.25, 0.3) is 0 Å². The van der Waals surface area contributed by atoms with E-state index in [1.54, 1.807) is 6.92 Å². The lowest BCUT2D eigenvalue weighted by atomic mass is 10.1. The monoisotopic (exact) mass is 238 g/mol. The summed E-state index contributed by atoms with van der Waals surface area (Å²) in [5, 5.41) is 0. The minimum atomic E-state index is -0.406. The SMILES string of the molecule is CCOC(=O)CC(=O)C1C(C=C(C)C)C1(C)C. The minimum absolute atomic E-state index is 0.0101. The van der Waals surface area contributed by atoms with Gasteiger partial charge in [0.05, 0.1) is 6.61 Å². The van der Waals surface area contributed by atoms with E-state index in [1.807, 2.05) is 13.8 Å². The summed E-state index contributed by atoms with van der Waals surface area (Å²) in [5.74, 6) is -0.150. The molecule has 0 radical (unpaired) electrons. The lowest BCUT2D eigenvalue weighted by Gasteiger charge is -2.02. The van der Waals surface area contributed by atoms with Crippen molar-refractivity contribution in [1.82, 2.24) is 0 Å². The molecule has 0 saturated heterocycles. The van der Waals surface area contributed by atoms with Crippen molar-refractivity contribution in [3.8, 4) is 0 Å². The van der Waals surface area contributed by atoms with Crippen LogP contribution in [0.3, 0.4) is 0 Å². The molecule has 17 heavy (non-hydrogen) atoms. The van der Waals surface area contributed by atoms with E-state index < -0.39 is 5.97 Å². The van der Waals surface area contributed by atoms with Gasteiger partial charge in [0.15, 0.2) is 0 Å². The lowest BCUT2D eigenvalue weighted by Crippen LogP contribution is -2.14. The number of carbonyl (C=O) groups excluding carboxylic acids is 2. The zero-order valence-electron chi connectivity index (χ0n) is 11.4. The molecule has 2 atom stereocenters. The number of allylic oxidation sites excluding steroid dienone is 2. The fraction of sp³-hybridized carbons (Fsp3) is 0.714. The van der Waals surface area contributed by atoms with Gasteiger partial charge in [-0.25, -0.2) is 0 Å². The van der Waals surface area contributed by atoms with E-state index in [0.717, 1.165) is 0 Å². The van der Waals surface area contributed by atoms with Crippen LogP contribution in [0.25, 0.3) is 0 Å². The number of ether oxygens (including phenoxy) is 1. The Morgan fingerprint density at radius 1 is 1.29 bits per heavy atom. The van der Waals surface area contributed by atoms with Gasteiger partial charge >= 0.3 is 5.97 Å². The largest absolute Gasteiger partial charge is 0.466 e. The Hall–Kier alpha value is -1.12. The molecule has 0 aromatic rings. The molecule has 0 spiro atoms. The van der Waals surface area contributed by atoms with Gasteiger partial charge in [-0.1, -0.05) is 25.5 Å². The van der Waals surface area contributed by atoms with Crippen LogP contribution in [0.5, 0.6) is 0 Å². The van der Waals surface area contributed by atoms with Gasteiger partial charge in [-0.3, -0.25) is 9.59 Å². The van der Waals surface area contributed by atoms with Gasteiger partial charge in [0.2, 0.25) is 0 Å². The van der Waals surface area contributed by atoms with Crippen LogP contribution < -0.4 is 0 Å². The molecule has 0 aromatic heterocycles. The van der Waals surface area contributed by atoms with Crippen LogP contribution >= 0.6 is 0 Å². The summed E-state index contributed by atoms with van der Waals surface area (Å²) in [5.41, 5.74) is 1.20. The maximum atomic E-state index is 12.0. The predicted octanol–water partition coefficient (Wildman–Crippen LogP) is 2.75. The highest BCUT2D eigenvalue weighted by atomic mass is 16.5. The van der Waals surface area contributed by atoms with Crippen LogP contribution in [0.15, 0.2) is 11.6 Å². The summed E-state index contributed by atoms with van der Waals surface area (Å²) in [6, 6.07) is 0. The van der Waals surface area contributed by atoms with E-state index in [-0.39, 0.29) is 29.5 Å². The third kappa shape index (κ3) is 3.18. The Labute approximate surface area is 103 Å². The summed E-state index contributed by atoms with van der Waals surface area (Å²) in [7, 11) is 0. The molecular weight excluding hydrogens is 216 g/mol. The highest BCUT2D eigenvalue weighted by Gasteiger charge is 2.59. The quantitative estimate of drug-likeness (QED) is 0.420. The molecule has 0 bridgehead atoms. The average molecular weight is 238 g/mol. The maximum absolute atomic E-state index is 12.0. The zero-order chi connectivity index (χ0) is 13.2. The third-order valence-corrected chi connectivity index (χ3v) is 3.39. The van der Waals surface area contributed by atoms with Crippen molar-refractivity contribution in [2.45, 2.75) is 41.0 Å². The maximum Gasteiger partial charge on any atom is 0.313 e. The number of ketones is 1. The van der Waals surface area contributed by atoms with E-state index >= 15 is 0 Å². The molecule has 1 saturated carbocycles. The molecule has 0 amide bonds. The fourth-order valence-corrected chi connectivity index (χ4v) is 2.43. The number of Topliss-reactive ketones (excluding diaryl/α,β-unsaturated/α-hetero) is 1. The van der Waals surface area contributed by atoms with Gasteiger partial charge in [-0.05, 0) is 32.1 Å². The van der Waals surface area contributed by atoms with Crippen LogP contribution in [0.2, 0.25) is 0 Å². The summed E-state index contributed by atoms with van der Waals surface area (Å²) in [4.78, 5) is 23.2. The summed E-state index contributed by atoms with van der Waals surface area (Å²) >= 11 is 0. The van der Waals surface area contributed by atoms with Crippen molar-refractivity contribution in [2.24, 2.45) is 17.3 Å². The van der Waals surface area contributed by atoms with Crippen LogP contribution in [0, 0.1) is 17.3 Å². The molecule has 1 fully saturated rings. The van der Waals surface area contributed by atoms with Crippen LogP contribution in [0.1, 0.15) is 41.0 Å². The zero-order valence-corrected chi connectivity index (χ0v) is 11.4. The van der Waals surface area contributed by atoms with E-state index in [0.29, 0.717) is 6.61 Å². The first-order valence-corrected chi connectivity index (χ1v) is 6.14. The summed E-state index contributed by atoms with van der Waals surface area (Å²) < 4.78 is 4.80. The Morgan fingerprint density at radius 2 is 1.88 bits per heavy atom. The number of esters is 1. The molecule has 0 N–H and O–H groups in total. The van der Waals surface area contributed by atoms with Crippen molar-refractivity contribution in [1.29, 1.82) is 0 Å². The molecule has 2 unspecified atom stereocenters. The Balaban J connectivity index is 2.60. The second kappa shape index (κ2) is 5.03. The topological polar surface area (TPSA) is 43.4 Å². The first-order chi connectivity index (χ1) is 7.80. The number of hydrogen-bond donors (Lipinski definition) is 0. The van der Waals surface area contributed by atoms with E-state index in [9.17, 15) is 9.59 Å². The summed E-state index contributed by atoms with van der Waals surface area (Å²) in [6.45, 7) is 10.3. The van der Waals surface area contributed by atoms with Gasteiger partial charge in [0.1, 0.15) is 12.2 Å². The molecule has 1 rings (SSSR count). The van der Waals surface area contributed by atoms with Crippen molar-refractivity contribution in [3.63, 3.8) is 0 Å². The van der Waals surface area contributed by atoms with Gasteiger partial charge in [-0.15, -0.1) is 0 Å². The molecule has 0 aliphatic heterocycles. The lowest BCUT2D eigenvalue weighted by molar-refractivity contribution is -0.145. The standard InChI is InChI=1S/C14H22O3/c1-6-17-12(16)8-11(15)13-10(7-9(2)3)14(13,4)5/h7,10,13H,6,8H2,1-5H3. The number of hydrogen-bond acceptors (Lipinski definition) is 3. The van der Waals surface area contributed by atoms with Crippen molar-refractivity contribution in [2.75, 3.05) is 6.61 Å². The minimum Gasteiger partial charge on any atom is -0.466 e.